The fourth-order valence-electron chi connectivity index (χ4n) is 4.63. The number of hydrogen-bond donors (Lipinski definition) is 3. The third kappa shape index (κ3) is 9.12. The molecule has 9 heteroatoms. The summed E-state index contributed by atoms with van der Waals surface area (Å²) in [5.74, 6) is -0.0508. The van der Waals surface area contributed by atoms with E-state index in [1.807, 2.05) is 72.8 Å². The lowest BCUT2D eigenvalue weighted by atomic mass is 10.1. The molecule has 3 N–H and O–H groups in total. The molecule has 5 aromatic rings. The zero-order valence-electron chi connectivity index (χ0n) is 25.8. The Kier molecular flexibility index (Phi) is 11.1. The van der Waals surface area contributed by atoms with Gasteiger partial charge in [-0.05, 0) is 47.5 Å². The van der Waals surface area contributed by atoms with Crippen molar-refractivity contribution >= 4 is 46.9 Å². The van der Waals surface area contributed by atoms with E-state index in [1.165, 1.54) is 11.8 Å². The second-order valence-corrected chi connectivity index (χ2v) is 11.4. The number of ether oxygens (including phenoxy) is 2. The summed E-state index contributed by atoms with van der Waals surface area (Å²) in [5.41, 5.74) is 3.09. The van der Waals surface area contributed by atoms with Crippen LogP contribution in [0.1, 0.15) is 26.7 Å². The first kappa shape index (κ1) is 32.6. The third-order valence-corrected chi connectivity index (χ3v) is 8.19. The summed E-state index contributed by atoms with van der Waals surface area (Å²) >= 11 is 1.34. The van der Waals surface area contributed by atoms with Gasteiger partial charge in [-0.2, -0.15) is 0 Å². The highest BCUT2D eigenvalue weighted by atomic mass is 32.2. The van der Waals surface area contributed by atoms with E-state index in [2.05, 4.69) is 16.0 Å². The number of amides is 3. The Bertz CT molecular complexity index is 1840. The summed E-state index contributed by atoms with van der Waals surface area (Å²) in [6.45, 7) is 0. The Morgan fingerprint density at radius 2 is 1.28 bits per heavy atom. The first-order valence-corrected chi connectivity index (χ1v) is 15.6. The van der Waals surface area contributed by atoms with E-state index in [9.17, 15) is 14.4 Å². The molecule has 8 nitrogen and oxygen atoms in total. The van der Waals surface area contributed by atoms with Crippen LogP contribution in [-0.4, -0.2) is 31.9 Å². The average Bonchev–Trinajstić information content (AvgIpc) is 3.11. The summed E-state index contributed by atoms with van der Waals surface area (Å²) in [5, 5.41) is 8.02. The first-order valence-electron chi connectivity index (χ1n) is 14.7. The fourth-order valence-corrected chi connectivity index (χ4v) is 5.71. The predicted octanol–water partition coefficient (Wildman–Crippen LogP) is 7.59. The van der Waals surface area contributed by atoms with Gasteiger partial charge in [0.25, 0.3) is 11.8 Å². The molecule has 1 atom stereocenters. The van der Waals surface area contributed by atoms with Gasteiger partial charge in [-0.15, -0.1) is 11.8 Å². The summed E-state index contributed by atoms with van der Waals surface area (Å²) in [6.07, 6.45) is 1.62. The molecule has 0 fully saturated rings. The number of rotatable bonds is 12. The largest absolute Gasteiger partial charge is 0.497 e. The van der Waals surface area contributed by atoms with Gasteiger partial charge in [-0.25, -0.2) is 0 Å². The molecule has 0 aliphatic carbocycles. The second-order valence-electron chi connectivity index (χ2n) is 10.3. The molecule has 0 aliphatic heterocycles. The zero-order chi connectivity index (χ0) is 33.0. The molecule has 0 saturated heterocycles. The van der Waals surface area contributed by atoms with Crippen molar-refractivity contribution in [3.05, 3.63) is 156 Å². The van der Waals surface area contributed by atoms with Crippen LogP contribution in [0.5, 0.6) is 11.5 Å². The Morgan fingerprint density at radius 1 is 0.660 bits per heavy atom. The smallest absolute Gasteiger partial charge is 0.272 e. The van der Waals surface area contributed by atoms with Gasteiger partial charge in [0.2, 0.25) is 5.91 Å². The highest BCUT2D eigenvalue weighted by molar-refractivity contribution is 8.00. The van der Waals surface area contributed by atoms with Gasteiger partial charge in [-0.3, -0.25) is 14.4 Å². The molecule has 5 rings (SSSR count). The molecule has 47 heavy (non-hydrogen) atoms. The molecular formula is C38H33N3O5S. The van der Waals surface area contributed by atoms with Gasteiger partial charge in [0, 0.05) is 40.0 Å². The van der Waals surface area contributed by atoms with E-state index in [4.69, 9.17) is 9.47 Å². The van der Waals surface area contributed by atoms with Crippen LogP contribution in [0.15, 0.2) is 144 Å². The van der Waals surface area contributed by atoms with Gasteiger partial charge in [0.1, 0.15) is 22.4 Å². The lowest BCUT2D eigenvalue weighted by Gasteiger charge is -2.18. The highest BCUT2D eigenvalue weighted by Crippen LogP contribution is 2.38. The van der Waals surface area contributed by atoms with Crippen LogP contribution in [-0.2, 0) is 9.59 Å². The van der Waals surface area contributed by atoms with E-state index in [1.54, 1.807) is 81.0 Å². The molecular weight excluding hydrogens is 611 g/mol. The molecule has 0 aliphatic rings. The number of methoxy groups -OCH3 is 2. The van der Waals surface area contributed by atoms with E-state index in [0.29, 0.717) is 28.4 Å². The minimum Gasteiger partial charge on any atom is -0.497 e. The normalized spacial score (nSPS) is 11.6. The number of thioether (sulfide) groups is 1. The first-order chi connectivity index (χ1) is 22.9. The molecule has 0 bridgehead atoms. The Hall–Kier alpha value is -5.80. The molecule has 1 unspecified atom stereocenters. The minimum absolute atomic E-state index is 0.0818. The molecule has 5 aromatic carbocycles. The van der Waals surface area contributed by atoms with E-state index in [0.717, 1.165) is 16.0 Å². The van der Waals surface area contributed by atoms with E-state index < -0.39 is 17.1 Å². The number of nitrogens with one attached hydrogen (secondary N) is 3. The van der Waals surface area contributed by atoms with Gasteiger partial charge >= 0.3 is 0 Å². The minimum atomic E-state index is -0.627. The van der Waals surface area contributed by atoms with Crippen molar-refractivity contribution in [2.24, 2.45) is 0 Å². The van der Waals surface area contributed by atoms with Crippen LogP contribution in [0.4, 0.5) is 11.4 Å². The van der Waals surface area contributed by atoms with E-state index >= 15 is 0 Å². The molecule has 3 amide bonds. The number of carbonyl (C=O) groups is 3. The zero-order valence-corrected chi connectivity index (χ0v) is 26.6. The number of carbonyl (C=O) groups excluding carboxylic acids is 3. The Labute approximate surface area is 277 Å². The maximum atomic E-state index is 13.7. The summed E-state index contributed by atoms with van der Waals surface area (Å²) in [4.78, 5) is 41.0. The molecule has 0 saturated carbocycles. The number of benzene rings is 5. The molecule has 0 spiro atoms. The lowest BCUT2D eigenvalue weighted by Crippen LogP contribution is -2.30. The maximum absolute atomic E-state index is 13.7. The Morgan fingerprint density at radius 3 is 1.91 bits per heavy atom. The van der Waals surface area contributed by atoms with Crippen molar-refractivity contribution in [2.75, 3.05) is 24.9 Å². The van der Waals surface area contributed by atoms with Gasteiger partial charge in [0.15, 0.2) is 0 Å². The van der Waals surface area contributed by atoms with Crippen LogP contribution in [0.3, 0.4) is 0 Å². The third-order valence-electron chi connectivity index (χ3n) is 6.94. The Balaban J connectivity index is 1.37. The topological polar surface area (TPSA) is 106 Å². The summed E-state index contributed by atoms with van der Waals surface area (Å²) in [7, 11) is 3.10. The van der Waals surface area contributed by atoms with Gasteiger partial charge in [0.05, 0.1) is 14.2 Å². The van der Waals surface area contributed by atoms with Crippen molar-refractivity contribution in [3.8, 4) is 11.5 Å². The standard InChI is InChI=1S/C38H33N3O5S/c1-45-31-22-30(23-32(25-31)46-2)40-38(44)35(27-15-8-4-9-16-27)47-33-20-12-19-29(24-33)39-37(43)34(21-26-13-6-3-7-14-26)41-36(42)28-17-10-5-11-18-28/h3-25,35H,1-2H3,(H,39,43)(H,40,44)(H,41,42)/b34-21-. The van der Waals surface area contributed by atoms with Gasteiger partial charge in [-0.1, -0.05) is 84.9 Å². The molecule has 0 aromatic heterocycles. The number of hydrogen-bond acceptors (Lipinski definition) is 6. The van der Waals surface area contributed by atoms with Crippen LogP contribution >= 0.6 is 11.8 Å². The quantitative estimate of drug-likeness (QED) is 0.0956. The SMILES string of the molecule is COc1cc(NC(=O)C(Sc2cccc(NC(=O)/C(=C/c3ccccc3)NC(=O)c3ccccc3)c2)c2ccccc2)cc(OC)c1. The predicted molar refractivity (Wildman–Crippen MR) is 187 cm³/mol. The summed E-state index contributed by atoms with van der Waals surface area (Å²) < 4.78 is 10.7. The van der Waals surface area contributed by atoms with Crippen LogP contribution in [0.2, 0.25) is 0 Å². The van der Waals surface area contributed by atoms with Crippen molar-refractivity contribution < 1.29 is 23.9 Å². The maximum Gasteiger partial charge on any atom is 0.272 e. The second kappa shape index (κ2) is 16.0. The van der Waals surface area contributed by atoms with Crippen molar-refractivity contribution in [1.82, 2.24) is 5.32 Å². The summed E-state index contributed by atoms with van der Waals surface area (Å²) in [6, 6.07) is 39.8. The van der Waals surface area contributed by atoms with Crippen molar-refractivity contribution in [1.29, 1.82) is 0 Å². The molecule has 0 heterocycles. The lowest BCUT2D eigenvalue weighted by molar-refractivity contribution is -0.116. The van der Waals surface area contributed by atoms with Gasteiger partial charge < -0.3 is 25.4 Å². The van der Waals surface area contributed by atoms with Crippen molar-refractivity contribution in [3.63, 3.8) is 0 Å². The van der Waals surface area contributed by atoms with Crippen LogP contribution in [0.25, 0.3) is 6.08 Å². The number of anilines is 2. The van der Waals surface area contributed by atoms with Crippen molar-refractivity contribution in [2.45, 2.75) is 10.1 Å². The average molecular weight is 644 g/mol. The molecule has 236 valence electrons. The monoisotopic (exact) mass is 643 g/mol. The molecule has 0 radical (unpaired) electrons. The van der Waals surface area contributed by atoms with Crippen LogP contribution < -0.4 is 25.4 Å². The van der Waals surface area contributed by atoms with E-state index in [-0.39, 0.29) is 11.6 Å². The van der Waals surface area contributed by atoms with Crippen LogP contribution in [0, 0.1) is 0 Å². The fraction of sp³-hybridized carbons (Fsp3) is 0.0789. The highest BCUT2D eigenvalue weighted by Gasteiger charge is 2.23.